The van der Waals surface area contributed by atoms with Crippen LogP contribution in [0, 0.1) is 0 Å². The molecule has 0 aliphatic heterocycles. The second-order valence-corrected chi connectivity index (χ2v) is 3.34. The minimum Gasteiger partial charge on any atom is -0.291 e. The van der Waals surface area contributed by atoms with E-state index in [1.54, 1.807) is 0 Å². The van der Waals surface area contributed by atoms with E-state index in [0.29, 0.717) is 0 Å². The first-order valence-corrected chi connectivity index (χ1v) is 4.53. The van der Waals surface area contributed by atoms with Crippen LogP contribution in [0.15, 0.2) is 27.9 Å². The molecule has 0 aliphatic rings. The Morgan fingerprint density at radius 2 is 2.06 bits per heavy atom. The Morgan fingerprint density at radius 3 is 2.71 bits per heavy atom. The fourth-order valence-corrected chi connectivity index (χ4v) is 1.41. The number of aromatic amines is 1. The zero-order valence-corrected chi connectivity index (χ0v) is 8.28. The maximum Gasteiger partial charge on any atom is 0.406 e. The number of nitrogens with zero attached hydrogens (tertiary/aromatic N) is 2. The summed E-state index contributed by atoms with van der Waals surface area (Å²) < 4.78 is 36.6. The van der Waals surface area contributed by atoms with Gasteiger partial charge in [-0.2, -0.15) is 13.2 Å². The van der Waals surface area contributed by atoms with Crippen molar-refractivity contribution >= 4 is 11.0 Å². The first-order chi connectivity index (χ1) is 7.88. The minimum absolute atomic E-state index is 0.0269. The van der Waals surface area contributed by atoms with E-state index < -0.39 is 24.0 Å². The summed E-state index contributed by atoms with van der Waals surface area (Å²) >= 11 is 0. The zero-order chi connectivity index (χ0) is 12.6. The van der Waals surface area contributed by atoms with Crippen molar-refractivity contribution in [3.63, 3.8) is 0 Å². The molecule has 0 atom stereocenters. The van der Waals surface area contributed by atoms with Crippen LogP contribution < -0.4 is 11.2 Å². The number of fused-ring (bicyclic) bond motifs is 1. The average molecular weight is 245 g/mol. The van der Waals surface area contributed by atoms with Gasteiger partial charge < -0.3 is 0 Å². The van der Waals surface area contributed by atoms with Crippen LogP contribution in [-0.4, -0.2) is 20.7 Å². The molecule has 0 saturated heterocycles. The molecule has 2 heterocycles. The van der Waals surface area contributed by atoms with Gasteiger partial charge in [0, 0.05) is 6.20 Å². The zero-order valence-electron chi connectivity index (χ0n) is 8.28. The Labute approximate surface area is 91.5 Å². The SMILES string of the molecule is O=c1[nH]c2ncccc2c(=O)n1CC(F)(F)F. The van der Waals surface area contributed by atoms with Crippen LogP contribution >= 0.6 is 0 Å². The fourth-order valence-electron chi connectivity index (χ4n) is 1.41. The Morgan fingerprint density at radius 1 is 1.35 bits per heavy atom. The third-order valence-electron chi connectivity index (χ3n) is 2.09. The first kappa shape index (κ1) is 11.4. The molecule has 0 spiro atoms. The lowest BCUT2D eigenvalue weighted by Gasteiger charge is -2.08. The van der Waals surface area contributed by atoms with Crippen molar-refractivity contribution in [2.24, 2.45) is 0 Å². The number of aromatic nitrogens is 3. The summed E-state index contributed by atoms with van der Waals surface area (Å²) in [6.07, 6.45) is -3.31. The number of nitrogens with one attached hydrogen (secondary N) is 1. The summed E-state index contributed by atoms with van der Waals surface area (Å²) in [4.78, 5) is 28.7. The summed E-state index contributed by atoms with van der Waals surface area (Å²) in [5.74, 6) is 0. The van der Waals surface area contributed by atoms with Crippen LogP contribution in [0.2, 0.25) is 0 Å². The fraction of sp³-hybridized carbons (Fsp3) is 0.222. The Kier molecular flexibility index (Phi) is 2.49. The van der Waals surface area contributed by atoms with E-state index in [1.807, 2.05) is 0 Å². The summed E-state index contributed by atoms with van der Waals surface area (Å²) in [6.45, 7) is -1.62. The van der Waals surface area contributed by atoms with Crippen LogP contribution in [0.1, 0.15) is 0 Å². The molecule has 90 valence electrons. The lowest BCUT2D eigenvalue weighted by Crippen LogP contribution is -2.39. The second kappa shape index (κ2) is 3.72. The van der Waals surface area contributed by atoms with Gasteiger partial charge in [-0.3, -0.25) is 14.3 Å². The molecule has 0 saturated carbocycles. The van der Waals surface area contributed by atoms with Crippen LogP contribution in [0.5, 0.6) is 0 Å². The predicted molar refractivity (Wildman–Crippen MR) is 52.7 cm³/mol. The number of rotatable bonds is 1. The number of hydrogen-bond acceptors (Lipinski definition) is 3. The van der Waals surface area contributed by atoms with Crippen LogP contribution in [0.3, 0.4) is 0 Å². The molecule has 0 aromatic carbocycles. The highest BCUT2D eigenvalue weighted by molar-refractivity contribution is 5.72. The summed E-state index contributed by atoms with van der Waals surface area (Å²) in [6, 6.07) is 2.70. The van der Waals surface area contributed by atoms with Crippen LogP contribution in [0.4, 0.5) is 13.2 Å². The van der Waals surface area contributed by atoms with Gasteiger partial charge in [0.25, 0.3) is 5.56 Å². The van der Waals surface area contributed by atoms with Crippen molar-refractivity contribution in [1.29, 1.82) is 0 Å². The molecular weight excluding hydrogens is 239 g/mol. The van der Waals surface area contributed by atoms with E-state index >= 15 is 0 Å². The quantitative estimate of drug-likeness (QED) is 0.801. The van der Waals surface area contributed by atoms with Gasteiger partial charge >= 0.3 is 11.9 Å². The highest BCUT2D eigenvalue weighted by atomic mass is 19.4. The van der Waals surface area contributed by atoms with Gasteiger partial charge in [-0.25, -0.2) is 9.78 Å². The van der Waals surface area contributed by atoms with Crippen molar-refractivity contribution < 1.29 is 13.2 Å². The number of pyridine rings is 1. The van der Waals surface area contributed by atoms with Crippen molar-refractivity contribution in [3.8, 4) is 0 Å². The van der Waals surface area contributed by atoms with Gasteiger partial charge in [0.05, 0.1) is 5.39 Å². The molecule has 17 heavy (non-hydrogen) atoms. The molecule has 0 amide bonds. The third kappa shape index (κ3) is 2.19. The molecule has 8 heteroatoms. The topological polar surface area (TPSA) is 67.8 Å². The van der Waals surface area contributed by atoms with Crippen LogP contribution in [-0.2, 0) is 6.54 Å². The minimum atomic E-state index is -4.63. The molecule has 0 aliphatic carbocycles. The Balaban J connectivity index is 2.73. The van der Waals surface area contributed by atoms with Crippen molar-refractivity contribution in [2.75, 3.05) is 0 Å². The van der Waals surface area contributed by atoms with Gasteiger partial charge in [0.2, 0.25) is 0 Å². The van der Waals surface area contributed by atoms with Crippen molar-refractivity contribution in [3.05, 3.63) is 39.2 Å². The smallest absolute Gasteiger partial charge is 0.291 e. The van der Waals surface area contributed by atoms with Crippen molar-refractivity contribution in [1.82, 2.24) is 14.5 Å². The Hall–Kier alpha value is -2.12. The summed E-state index contributed by atoms with van der Waals surface area (Å²) in [7, 11) is 0. The standard InChI is InChI=1S/C9H6F3N3O2/c10-9(11,12)4-15-7(16)5-2-1-3-13-6(5)14-8(15)17/h1-3H,4H2,(H,13,14,17). The van der Waals surface area contributed by atoms with E-state index in [2.05, 4.69) is 9.97 Å². The van der Waals surface area contributed by atoms with Crippen LogP contribution in [0.25, 0.3) is 11.0 Å². The molecule has 2 aromatic rings. The van der Waals surface area contributed by atoms with E-state index in [-0.39, 0.29) is 15.6 Å². The van der Waals surface area contributed by atoms with Gasteiger partial charge in [-0.05, 0) is 12.1 Å². The molecule has 0 bridgehead atoms. The highest BCUT2D eigenvalue weighted by Gasteiger charge is 2.29. The van der Waals surface area contributed by atoms with Gasteiger partial charge in [0.15, 0.2) is 0 Å². The largest absolute Gasteiger partial charge is 0.406 e. The molecule has 0 fully saturated rings. The number of hydrogen-bond donors (Lipinski definition) is 1. The maximum absolute atomic E-state index is 12.2. The van der Waals surface area contributed by atoms with Gasteiger partial charge in [0.1, 0.15) is 12.2 Å². The summed E-state index contributed by atoms with van der Waals surface area (Å²) in [5, 5.41) is -0.0589. The number of alkyl halides is 3. The molecule has 2 rings (SSSR count). The van der Waals surface area contributed by atoms with E-state index in [9.17, 15) is 22.8 Å². The summed E-state index contributed by atoms with van der Waals surface area (Å²) in [5.41, 5.74) is -2.16. The average Bonchev–Trinajstić information content (AvgIpc) is 2.23. The van der Waals surface area contributed by atoms with E-state index in [4.69, 9.17) is 0 Å². The van der Waals surface area contributed by atoms with Crippen molar-refractivity contribution in [2.45, 2.75) is 12.7 Å². The monoisotopic (exact) mass is 245 g/mol. The van der Waals surface area contributed by atoms with E-state index in [0.717, 1.165) is 0 Å². The van der Waals surface area contributed by atoms with E-state index in [1.165, 1.54) is 18.3 Å². The van der Waals surface area contributed by atoms with Gasteiger partial charge in [-0.1, -0.05) is 0 Å². The normalized spacial score (nSPS) is 11.9. The predicted octanol–water partition coefficient (Wildman–Crippen LogP) is 0.647. The second-order valence-electron chi connectivity index (χ2n) is 3.34. The Bertz CT molecular complexity index is 671. The molecule has 0 radical (unpaired) electrons. The molecule has 2 aromatic heterocycles. The first-order valence-electron chi connectivity index (χ1n) is 4.53. The lowest BCUT2D eigenvalue weighted by atomic mass is 10.3. The number of H-pyrrole nitrogens is 1. The maximum atomic E-state index is 12.2. The number of halogens is 3. The molecule has 0 unspecified atom stereocenters. The molecule has 1 N–H and O–H groups in total. The molecular formula is C9H6F3N3O2. The lowest BCUT2D eigenvalue weighted by molar-refractivity contribution is -0.141. The molecule has 5 nitrogen and oxygen atoms in total. The van der Waals surface area contributed by atoms with Gasteiger partial charge in [-0.15, -0.1) is 0 Å². The highest BCUT2D eigenvalue weighted by Crippen LogP contribution is 2.15. The third-order valence-corrected chi connectivity index (χ3v) is 2.09.